The fraction of sp³-hybridized carbons (Fsp3) is 0.312. The Morgan fingerprint density at radius 2 is 2.09 bits per heavy atom. The average molecular weight is 333 g/mol. The molecule has 6 nitrogen and oxygen atoms in total. The summed E-state index contributed by atoms with van der Waals surface area (Å²) in [7, 11) is 0. The molecule has 3 rings (SSSR count). The van der Waals surface area contributed by atoms with Gasteiger partial charge in [0.1, 0.15) is 5.69 Å². The minimum Gasteiger partial charge on any atom is -0.378 e. The van der Waals surface area contributed by atoms with Gasteiger partial charge in [-0.3, -0.25) is 4.79 Å². The second-order valence-electron chi connectivity index (χ2n) is 5.21. The summed E-state index contributed by atoms with van der Waals surface area (Å²) in [5.41, 5.74) is 1.82. The summed E-state index contributed by atoms with van der Waals surface area (Å²) in [5.74, 6) is 0.260. The second kappa shape index (κ2) is 6.93. The van der Waals surface area contributed by atoms with Gasteiger partial charge in [-0.05, 0) is 30.7 Å². The molecule has 0 saturated carbocycles. The molecule has 0 radical (unpaired) electrons. The SMILES string of the molecule is Cc1c(Cl)cccc1NC(=O)c1ccnc(N2CCOCC2)n1. The first-order valence-corrected chi connectivity index (χ1v) is 7.75. The fourth-order valence-electron chi connectivity index (χ4n) is 2.32. The molecule has 2 heterocycles. The number of halogens is 1. The predicted molar refractivity (Wildman–Crippen MR) is 89.2 cm³/mol. The highest BCUT2D eigenvalue weighted by molar-refractivity contribution is 6.31. The maximum atomic E-state index is 12.4. The molecule has 1 aliphatic rings. The van der Waals surface area contributed by atoms with Crippen LogP contribution in [0.15, 0.2) is 30.5 Å². The number of hydrogen-bond acceptors (Lipinski definition) is 5. The summed E-state index contributed by atoms with van der Waals surface area (Å²) >= 11 is 6.07. The average Bonchev–Trinajstić information content (AvgIpc) is 2.60. The van der Waals surface area contributed by atoms with E-state index in [0.717, 1.165) is 18.7 Å². The van der Waals surface area contributed by atoms with Gasteiger partial charge in [0, 0.05) is 30.0 Å². The van der Waals surface area contributed by atoms with Crippen LogP contribution in [0.2, 0.25) is 5.02 Å². The molecule has 0 spiro atoms. The third-order valence-electron chi connectivity index (χ3n) is 3.69. The van der Waals surface area contributed by atoms with Crippen molar-refractivity contribution >= 4 is 29.1 Å². The second-order valence-corrected chi connectivity index (χ2v) is 5.62. The van der Waals surface area contributed by atoms with Crippen molar-refractivity contribution in [2.45, 2.75) is 6.92 Å². The molecule has 0 bridgehead atoms. The smallest absolute Gasteiger partial charge is 0.274 e. The van der Waals surface area contributed by atoms with Crippen molar-refractivity contribution in [3.63, 3.8) is 0 Å². The molecule has 1 aromatic heterocycles. The third-order valence-corrected chi connectivity index (χ3v) is 4.09. The number of nitrogens with zero attached hydrogens (tertiary/aromatic N) is 3. The maximum absolute atomic E-state index is 12.4. The number of carbonyl (C=O) groups excluding carboxylic acids is 1. The lowest BCUT2D eigenvalue weighted by molar-refractivity contribution is 0.102. The Bertz CT molecular complexity index is 717. The molecule has 1 amide bonds. The van der Waals surface area contributed by atoms with E-state index in [1.165, 1.54) is 0 Å². The number of rotatable bonds is 3. The lowest BCUT2D eigenvalue weighted by Gasteiger charge is -2.26. The number of benzene rings is 1. The van der Waals surface area contributed by atoms with Gasteiger partial charge in [-0.2, -0.15) is 0 Å². The Labute approximate surface area is 139 Å². The Morgan fingerprint density at radius 1 is 1.30 bits per heavy atom. The number of anilines is 2. The molecule has 120 valence electrons. The normalized spacial score (nSPS) is 14.6. The van der Waals surface area contributed by atoms with E-state index in [0.29, 0.717) is 35.6 Å². The highest BCUT2D eigenvalue weighted by Gasteiger charge is 2.16. The lowest BCUT2D eigenvalue weighted by atomic mass is 10.2. The summed E-state index contributed by atoms with van der Waals surface area (Å²) in [6.45, 7) is 4.58. The minimum atomic E-state index is -0.285. The first-order valence-electron chi connectivity index (χ1n) is 7.37. The molecule has 0 unspecified atom stereocenters. The van der Waals surface area contributed by atoms with Crippen LogP contribution in [-0.4, -0.2) is 42.2 Å². The Hall–Kier alpha value is -2.18. The number of hydrogen-bond donors (Lipinski definition) is 1. The van der Waals surface area contributed by atoms with Crippen molar-refractivity contribution in [3.05, 3.63) is 46.7 Å². The van der Waals surface area contributed by atoms with E-state index in [1.807, 2.05) is 17.9 Å². The Morgan fingerprint density at radius 3 is 2.87 bits per heavy atom. The van der Waals surface area contributed by atoms with Crippen molar-refractivity contribution in [1.29, 1.82) is 0 Å². The fourth-order valence-corrected chi connectivity index (χ4v) is 2.49. The van der Waals surface area contributed by atoms with E-state index < -0.39 is 0 Å². The highest BCUT2D eigenvalue weighted by Crippen LogP contribution is 2.23. The van der Waals surface area contributed by atoms with Crippen LogP contribution >= 0.6 is 11.6 Å². The van der Waals surface area contributed by atoms with E-state index in [-0.39, 0.29) is 5.91 Å². The molecular weight excluding hydrogens is 316 g/mol. The van der Waals surface area contributed by atoms with Gasteiger partial charge in [0.15, 0.2) is 0 Å². The summed E-state index contributed by atoms with van der Waals surface area (Å²) in [5, 5.41) is 3.45. The molecule has 1 fully saturated rings. The van der Waals surface area contributed by atoms with Crippen molar-refractivity contribution in [3.8, 4) is 0 Å². The van der Waals surface area contributed by atoms with Gasteiger partial charge in [0.2, 0.25) is 5.95 Å². The van der Waals surface area contributed by atoms with Crippen LogP contribution in [-0.2, 0) is 4.74 Å². The maximum Gasteiger partial charge on any atom is 0.274 e. The van der Waals surface area contributed by atoms with Gasteiger partial charge in [0.05, 0.1) is 13.2 Å². The molecule has 23 heavy (non-hydrogen) atoms. The predicted octanol–water partition coefficient (Wildman–Crippen LogP) is 2.53. The zero-order valence-corrected chi connectivity index (χ0v) is 13.5. The topological polar surface area (TPSA) is 67.4 Å². The Balaban J connectivity index is 1.78. The standard InChI is InChI=1S/C16H17ClN4O2/c1-11-12(17)3-2-4-13(11)19-15(22)14-5-6-18-16(20-14)21-7-9-23-10-8-21/h2-6H,7-10H2,1H3,(H,19,22). The van der Waals surface area contributed by atoms with Crippen LogP contribution < -0.4 is 10.2 Å². The van der Waals surface area contributed by atoms with E-state index in [1.54, 1.807) is 24.4 Å². The van der Waals surface area contributed by atoms with Crippen molar-refractivity contribution < 1.29 is 9.53 Å². The zero-order valence-electron chi connectivity index (χ0n) is 12.8. The van der Waals surface area contributed by atoms with Gasteiger partial charge in [0.25, 0.3) is 5.91 Å². The number of carbonyl (C=O) groups is 1. The number of nitrogens with one attached hydrogen (secondary N) is 1. The molecule has 0 atom stereocenters. The van der Waals surface area contributed by atoms with Crippen LogP contribution in [0.1, 0.15) is 16.1 Å². The van der Waals surface area contributed by atoms with Gasteiger partial charge in [-0.1, -0.05) is 17.7 Å². The third kappa shape index (κ3) is 3.60. The molecule has 2 aromatic rings. The number of morpholine rings is 1. The van der Waals surface area contributed by atoms with E-state index in [4.69, 9.17) is 16.3 Å². The van der Waals surface area contributed by atoms with Gasteiger partial charge < -0.3 is 15.0 Å². The van der Waals surface area contributed by atoms with Crippen molar-refractivity contribution in [2.75, 3.05) is 36.5 Å². The Kier molecular flexibility index (Phi) is 4.73. The molecule has 0 aliphatic carbocycles. The van der Waals surface area contributed by atoms with Crippen LogP contribution in [0.25, 0.3) is 0 Å². The molecular formula is C16H17ClN4O2. The van der Waals surface area contributed by atoms with Gasteiger partial charge in [-0.15, -0.1) is 0 Å². The summed E-state index contributed by atoms with van der Waals surface area (Å²) in [6, 6.07) is 6.99. The monoisotopic (exact) mass is 332 g/mol. The highest BCUT2D eigenvalue weighted by atomic mass is 35.5. The largest absolute Gasteiger partial charge is 0.378 e. The van der Waals surface area contributed by atoms with Crippen LogP contribution in [0.4, 0.5) is 11.6 Å². The first kappa shape index (κ1) is 15.7. The number of aromatic nitrogens is 2. The molecule has 1 aliphatic heterocycles. The summed E-state index contributed by atoms with van der Waals surface area (Å²) < 4.78 is 5.31. The molecule has 1 N–H and O–H groups in total. The summed E-state index contributed by atoms with van der Waals surface area (Å²) in [6.07, 6.45) is 1.59. The number of ether oxygens (including phenoxy) is 1. The number of amides is 1. The molecule has 1 aromatic carbocycles. The van der Waals surface area contributed by atoms with Crippen LogP contribution in [0.5, 0.6) is 0 Å². The first-order chi connectivity index (χ1) is 11.1. The minimum absolute atomic E-state index is 0.285. The van der Waals surface area contributed by atoms with Crippen LogP contribution in [0, 0.1) is 6.92 Å². The van der Waals surface area contributed by atoms with E-state index in [2.05, 4.69) is 15.3 Å². The van der Waals surface area contributed by atoms with Crippen molar-refractivity contribution in [1.82, 2.24) is 9.97 Å². The van der Waals surface area contributed by atoms with Crippen LogP contribution in [0.3, 0.4) is 0 Å². The van der Waals surface area contributed by atoms with E-state index >= 15 is 0 Å². The van der Waals surface area contributed by atoms with Gasteiger partial charge in [-0.25, -0.2) is 9.97 Å². The molecule has 7 heteroatoms. The van der Waals surface area contributed by atoms with Crippen molar-refractivity contribution in [2.24, 2.45) is 0 Å². The summed E-state index contributed by atoms with van der Waals surface area (Å²) in [4.78, 5) is 23.0. The van der Waals surface area contributed by atoms with E-state index in [9.17, 15) is 4.79 Å². The zero-order chi connectivity index (χ0) is 16.2. The lowest BCUT2D eigenvalue weighted by Crippen LogP contribution is -2.37. The van der Waals surface area contributed by atoms with Gasteiger partial charge >= 0.3 is 0 Å². The quantitative estimate of drug-likeness (QED) is 0.935. The molecule has 1 saturated heterocycles.